The van der Waals surface area contributed by atoms with Crippen LogP contribution in [0.1, 0.15) is 0 Å². The van der Waals surface area contributed by atoms with Crippen LogP contribution < -0.4 is 4.90 Å². The van der Waals surface area contributed by atoms with Crippen molar-refractivity contribution in [1.82, 2.24) is 15.0 Å². The molecule has 0 unspecified atom stereocenters. The molecule has 0 saturated heterocycles. The van der Waals surface area contributed by atoms with Crippen molar-refractivity contribution < 1.29 is 0 Å². The number of para-hydroxylation sites is 3. The van der Waals surface area contributed by atoms with Crippen molar-refractivity contribution in [2.75, 3.05) is 4.90 Å². The van der Waals surface area contributed by atoms with Crippen LogP contribution in [0.2, 0.25) is 0 Å². The second-order valence-electron chi connectivity index (χ2n) is 7.06. The van der Waals surface area contributed by atoms with Gasteiger partial charge in [-0.2, -0.15) is 0 Å². The van der Waals surface area contributed by atoms with E-state index >= 15 is 0 Å². The summed E-state index contributed by atoms with van der Waals surface area (Å²) in [5.41, 5.74) is 3.36. The van der Waals surface area contributed by atoms with Crippen molar-refractivity contribution in [3.8, 4) is 0 Å². The first-order valence-corrected chi connectivity index (χ1v) is 9.38. The van der Waals surface area contributed by atoms with Crippen molar-refractivity contribution >= 4 is 50.2 Å². The number of rotatable bonds is 3. The first-order chi connectivity index (χ1) is 13.8. The largest absolute Gasteiger partial charge is 0.341 e. The fourth-order valence-electron chi connectivity index (χ4n) is 3.92. The van der Waals surface area contributed by atoms with Crippen molar-refractivity contribution in [3.05, 3.63) is 91.0 Å². The molecule has 0 atom stereocenters. The molecular formula is C24H18N4. The van der Waals surface area contributed by atoms with Gasteiger partial charge in [-0.05, 0) is 36.4 Å². The van der Waals surface area contributed by atoms with Gasteiger partial charge in [0.25, 0.3) is 0 Å². The number of aromatic amines is 3. The molecule has 3 heterocycles. The summed E-state index contributed by atoms with van der Waals surface area (Å²) in [5, 5.41) is 3.57. The number of nitrogens with one attached hydrogen (secondary N) is 3. The molecule has 0 aliphatic rings. The van der Waals surface area contributed by atoms with Crippen LogP contribution in [0.25, 0.3) is 32.7 Å². The molecule has 4 nitrogen and oxygen atoms in total. The zero-order chi connectivity index (χ0) is 18.5. The van der Waals surface area contributed by atoms with E-state index in [-0.39, 0.29) is 0 Å². The fourth-order valence-corrected chi connectivity index (χ4v) is 3.92. The number of fused-ring (bicyclic) bond motifs is 3. The Morgan fingerprint density at radius 2 is 0.750 bits per heavy atom. The number of H-pyrrole nitrogens is 3. The molecule has 0 aliphatic heterocycles. The van der Waals surface area contributed by atoms with Crippen molar-refractivity contribution in [2.45, 2.75) is 0 Å². The average Bonchev–Trinajstić information content (AvgIpc) is 3.44. The smallest absolute Gasteiger partial charge is 0.118 e. The maximum atomic E-state index is 3.57. The molecule has 6 aromatic rings. The standard InChI is InChI=1S/C24H18N4/c1-4-10-19-16(7-1)13-22(25-19)28(23-14-17-8-2-5-11-20(17)26-23)24-15-18-9-3-6-12-21(18)27-24/h1-15,25-27H. The molecule has 3 aromatic carbocycles. The van der Waals surface area contributed by atoms with E-state index in [0.29, 0.717) is 0 Å². The predicted molar refractivity (Wildman–Crippen MR) is 117 cm³/mol. The van der Waals surface area contributed by atoms with Gasteiger partial charge in [0.15, 0.2) is 0 Å². The van der Waals surface area contributed by atoms with E-state index in [4.69, 9.17) is 0 Å². The molecule has 0 amide bonds. The normalized spacial score (nSPS) is 11.6. The van der Waals surface area contributed by atoms with Crippen LogP contribution in [0.4, 0.5) is 17.5 Å². The van der Waals surface area contributed by atoms with E-state index in [1.54, 1.807) is 0 Å². The van der Waals surface area contributed by atoms with Gasteiger partial charge in [0.1, 0.15) is 17.5 Å². The Labute approximate surface area is 161 Å². The molecule has 0 saturated carbocycles. The van der Waals surface area contributed by atoms with Crippen LogP contribution in [-0.2, 0) is 0 Å². The van der Waals surface area contributed by atoms with E-state index in [0.717, 1.165) is 34.0 Å². The van der Waals surface area contributed by atoms with Gasteiger partial charge in [-0.25, -0.2) is 0 Å². The molecule has 0 bridgehead atoms. The van der Waals surface area contributed by atoms with Crippen molar-refractivity contribution in [2.24, 2.45) is 0 Å². The molecule has 28 heavy (non-hydrogen) atoms. The summed E-state index contributed by atoms with van der Waals surface area (Å²) in [6.45, 7) is 0. The maximum Gasteiger partial charge on any atom is 0.118 e. The van der Waals surface area contributed by atoms with Crippen LogP contribution in [0, 0.1) is 0 Å². The minimum Gasteiger partial charge on any atom is -0.341 e. The molecule has 4 heteroatoms. The van der Waals surface area contributed by atoms with Crippen LogP contribution in [0.15, 0.2) is 91.0 Å². The zero-order valence-corrected chi connectivity index (χ0v) is 15.1. The summed E-state index contributed by atoms with van der Waals surface area (Å²) >= 11 is 0. The van der Waals surface area contributed by atoms with E-state index in [9.17, 15) is 0 Å². The number of hydrogen-bond donors (Lipinski definition) is 3. The SMILES string of the molecule is c1ccc2[nH]c(N(c3cc4ccccc4[nH]3)c3cc4ccccc4[nH]3)cc2c1. The highest BCUT2D eigenvalue weighted by atomic mass is 15.3. The highest BCUT2D eigenvalue weighted by Crippen LogP contribution is 2.37. The van der Waals surface area contributed by atoms with Gasteiger partial charge >= 0.3 is 0 Å². The molecule has 0 aliphatic carbocycles. The molecule has 134 valence electrons. The summed E-state index contributed by atoms with van der Waals surface area (Å²) in [6, 6.07) is 31.6. The topological polar surface area (TPSA) is 50.6 Å². The lowest BCUT2D eigenvalue weighted by Crippen LogP contribution is -2.10. The van der Waals surface area contributed by atoms with Gasteiger partial charge in [-0.15, -0.1) is 0 Å². The lowest BCUT2D eigenvalue weighted by molar-refractivity contribution is 1.15. The van der Waals surface area contributed by atoms with E-state index in [1.807, 2.05) is 0 Å². The number of anilines is 3. The fraction of sp³-hybridized carbons (Fsp3) is 0. The van der Waals surface area contributed by atoms with Crippen LogP contribution in [-0.4, -0.2) is 15.0 Å². The Kier molecular flexibility index (Phi) is 3.14. The van der Waals surface area contributed by atoms with Gasteiger partial charge in [0, 0.05) is 32.7 Å². The third-order valence-electron chi connectivity index (χ3n) is 5.27. The number of aromatic nitrogens is 3. The quantitative estimate of drug-likeness (QED) is 0.326. The number of nitrogens with zero attached hydrogens (tertiary/aromatic N) is 1. The zero-order valence-electron chi connectivity index (χ0n) is 15.1. The van der Waals surface area contributed by atoms with Crippen LogP contribution in [0.5, 0.6) is 0 Å². The summed E-state index contributed by atoms with van der Waals surface area (Å²) in [7, 11) is 0. The summed E-state index contributed by atoms with van der Waals surface area (Å²) in [5.74, 6) is 3.04. The first kappa shape index (κ1) is 15.2. The minimum atomic E-state index is 1.01. The second kappa shape index (κ2) is 5.79. The number of hydrogen-bond acceptors (Lipinski definition) is 1. The highest BCUT2D eigenvalue weighted by Gasteiger charge is 2.18. The van der Waals surface area contributed by atoms with E-state index in [1.165, 1.54) is 16.2 Å². The average molecular weight is 362 g/mol. The Bertz CT molecular complexity index is 1160. The summed E-state index contributed by atoms with van der Waals surface area (Å²) < 4.78 is 0. The Balaban J connectivity index is 1.60. The van der Waals surface area contributed by atoms with Crippen molar-refractivity contribution in [1.29, 1.82) is 0 Å². The van der Waals surface area contributed by atoms with Crippen molar-refractivity contribution in [3.63, 3.8) is 0 Å². The monoisotopic (exact) mass is 362 g/mol. The van der Waals surface area contributed by atoms with E-state index < -0.39 is 0 Å². The molecule has 0 radical (unpaired) electrons. The van der Waals surface area contributed by atoms with Gasteiger partial charge in [0.2, 0.25) is 0 Å². The maximum absolute atomic E-state index is 3.57. The second-order valence-corrected chi connectivity index (χ2v) is 7.06. The van der Waals surface area contributed by atoms with Gasteiger partial charge < -0.3 is 15.0 Å². The molecular weight excluding hydrogens is 344 g/mol. The highest BCUT2D eigenvalue weighted by molar-refractivity contribution is 5.93. The molecule has 6 rings (SSSR count). The molecule has 0 spiro atoms. The lowest BCUT2D eigenvalue weighted by Gasteiger charge is -2.20. The van der Waals surface area contributed by atoms with Gasteiger partial charge in [0.05, 0.1) is 0 Å². The Morgan fingerprint density at radius 3 is 1.07 bits per heavy atom. The van der Waals surface area contributed by atoms with Crippen LogP contribution >= 0.6 is 0 Å². The molecule has 0 fully saturated rings. The van der Waals surface area contributed by atoms with Gasteiger partial charge in [-0.1, -0.05) is 54.6 Å². The Hall–Kier alpha value is -3.92. The minimum absolute atomic E-state index is 1.01. The molecule has 3 aromatic heterocycles. The third-order valence-corrected chi connectivity index (χ3v) is 5.27. The summed E-state index contributed by atoms with van der Waals surface area (Å²) in [6.07, 6.45) is 0. The van der Waals surface area contributed by atoms with E-state index in [2.05, 4.69) is 111 Å². The molecule has 3 N–H and O–H groups in total. The van der Waals surface area contributed by atoms with Crippen LogP contribution in [0.3, 0.4) is 0 Å². The lowest BCUT2D eigenvalue weighted by atomic mass is 10.2. The predicted octanol–water partition coefficient (Wildman–Crippen LogP) is 6.60. The van der Waals surface area contributed by atoms with Gasteiger partial charge in [-0.3, -0.25) is 4.90 Å². The summed E-state index contributed by atoms with van der Waals surface area (Å²) in [4.78, 5) is 12.9. The number of benzene rings is 3. The third kappa shape index (κ3) is 2.32. The first-order valence-electron chi connectivity index (χ1n) is 9.38. The Morgan fingerprint density at radius 1 is 0.429 bits per heavy atom.